The van der Waals surface area contributed by atoms with E-state index in [1.165, 1.54) is 0 Å². The second-order valence-electron chi connectivity index (χ2n) is 3.68. The largest absolute Gasteiger partial charge is 0.489 e. The zero-order valence-corrected chi connectivity index (χ0v) is 8.33. The molecule has 2 rings (SSSR count). The Labute approximate surface area is 83.1 Å². The first-order valence-electron chi connectivity index (χ1n) is 4.75. The van der Waals surface area contributed by atoms with Gasteiger partial charge in [-0.05, 0) is 25.5 Å². The molecule has 1 aliphatic rings. The third kappa shape index (κ3) is 1.58. The Morgan fingerprint density at radius 3 is 2.93 bits per heavy atom. The van der Waals surface area contributed by atoms with Gasteiger partial charge in [0, 0.05) is 0 Å². The Balaban J connectivity index is 2.34. The van der Waals surface area contributed by atoms with Gasteiger partial charge in [-0.2, -0.15) is 0 Å². The van der Waals surface area contributed by atoms with Gasteiger partial charge in [0.1, 0.15) is 5.75 Å². The normalized spacial score (nSPS) is 14.1. The van der Waals surface area contributed by atoms with Gasteiger partial charge in [0.2, 0.25) is 5.91 Å². The van der Waals surface area contributed by atoms with Gasteiger partial charge in [-0.15, -0.1) is 0 Å². The lowest BCUT2D eigenvalue weighted by Gasteiger charge is -2.12. The highest BCUT2D eigenvalue weighted by atomic mass is 16.5. The molecule has 1 aliphatic heterocycles. The Morgan fingerprint density at radius 2 is 2.21 bits per heavy atom. The minimum Gasteiger partial charge on any atom is -0.489 e. The van der Waals surface area contributed by atoms with Gasteiger partial charge < -0.3 is 10.1 Å². The number of hydrogen-bond donors (Lipinski definition) is 1. The maximum Gasteiger partial charge on any atom is 0.228 e. The molecule has 0 bridgehead atoms. The molecule has 1 aromatic carbocycles. The van der Waals surface area contributed by atoms with E-state index in [0.29, 0.717) is 6.42 Å². The monoisotopic (exact) mass is 191 g/mol. The standard InChI is InChI=1S/C11H13NO2/c1-7(2)14-9-5-3-4-8-6-10(13)12-11(8)9/h3-5,7H,6H2,1-2H3,(H,12,13). The van der Waals surface area contributed by atoms with E-state index >= 15 is 0 Å². The zero-order chi connectivity index (χ0) is 10.1. The average molecular weight is 191 g/mol. The van der Waals surface area contributed by atoms with Crippen LogP contribution in [0.5, 0.6) is 5.75 Å². The molecule has 0 aromatic heterocycles. The average Bonchev–Trinajstić information content (AvgIpc) is 2.45. The van der Waals surface area contributed by atoms with Crippen molar-refractivity contribution >= 4 is 11.6 Å². The number of carbonyl (C=O) groups excluding carboxylic acids is 1. The molecule has 1 N–H and O–H groups in total. The van der Waals surface area contributed by atoms with Crippen LogP contribution in [-0.4, -0.2) is 12.0 Å². The number of benzene rings is 1. The number of nitrogens with one attached hydrogen (secondary N) is 1. The molecule has 0 atom stereocenters. The fraction of sp³-hybridized carbons (Fsp3) is 0.364. The van der Waals surface area contributed by atoms with Crippen molar-refractivity contribution < 1.29 is 9.53 Å². The van der Waals surface area contributed by atoms with Crippen LogP contribution in [0.2, 0.25) is 0 Å². The van der Waals surface area contributed by atoms with Crippen molar-refractivity contribution in [2.75, 3.05) is 5.32 Å². The molecular formula is C11H13NO2. The number of amides is 1. The third-order valence-electron chi connectivity index (χ3n) is 2.09. The highest BCUT2D eigenvalue weighted by Gasteiger charge is 2.21. The summed E-state index contributed by atoms with van der Waals surface area (Å²) in [5.74, 6) is 0.808. The summed E-state index contributed by atoms with van der Waals surface area (Å²) in [5.41, 5.74) is 1.86. The molecule has 1 heterocycles. The summed E-state index contributed by atoms with van der Waals surface area (Å²) in [6.45, 7) is 3.94. The maximum atomic E-state index is 11.2. The van der Waals surface area contributed by atoms with Crippen LogP contribution in [0.15, 0.2) is 18.2 Å². The third-order valence-corrected chi connectivity index (χ3v) is 2.09. The molecule has 0 unspecified atom stereocenters. The molecule has 0 aliphatic carbocycles. The summed E-state index contributed by atoms with van der Waals surface area (Å²) in [5, 5.41) is 2.81. The van der Waals surface area contributed by atoms with Crippen molar-refractivity contribution in [1.29, 1.82) is 0 Å². The molecule has 3 nitrogen and oxygen atoms in total. The molecule has 0 radical (unpaired) electrons. The number of rotatable bonds is 2. The summed E-state index contributed by atoms with van der Waals surface area (Å²) in [7, 11) is 0. The first kappa shape index (κ1) is 9.06. The van der Waals surface area contributed by atoms with Gasteiger partial charge in [-0.25, -0.2) is 0 Å². The van der Waals surface area contributed by atoms with E-state index in [0.717, 1.165) is 17.0 Å². The zero-order valence-electron chi connectivity index (χ0n) is 8.33. The van der Waals surface area contributed by atoms with Crippen molar-refractivity contribution in [2.45, 2.75) is 26.4 Å². The van der Waals surface area contributed by atoms with Crippen LogP contribution in [0.1, 0.15) is 19.4 Å². The Morgan fingerprint density at radius 1 is 1.43 bits per heavy atom. The van der Waals surface area contributed by atoms with E-state index in [2.05, 4.69) is 5.32 Å². The molecule has 0 fully saturated rings. The van der Waals surface area contributed by atoms with E-state index < -0.39 is 0 Å². The predicted octanol–water partition coefficient (Wildman–Crippen LogP) is 1.97. The van der Waals surface area contributed by atoms with Crippen LogP contribution in [0.25, 0.3) is 0 Å². The first-order valence-corrected chi connectivity index (χ1v) is 4.75. The molecule has 0 saturated carbocycles. The predicted molar refractivity (Wildman–Crippen MR) is 54.5 cm³/mol. The van der Waals surface area contributed by atoms with E-state index in [9.17, 15) is 4.79 Å². The first-order chi connectivity index (χ1) is 6.66. The van der Waals surface area contributed by atoms with Crippen LogP contribution in [0.4, 0.5) is 5.69 Å². The topological polar surface area (TPSA) is 38.3 Å². The van der Waals surface area contributed by atoms with Crippen molar-refractivity contribution in [3.8, 4) is 5.75 Å². The number of para-hydroxylation sites is 1. The summed E-state index contributed by atoms with van der Waals surface area (Å²) in [4.78, 5) is 11.2. The number of ether oxygens (including phenoxy) is 1. The molecule has 3 heteroatoms. The summed E-state index contributed by atoms with van der Waals surface area (Å²) in [6.07, 6.45) is 0.587. The van der Waals surface area contributed by atoms with Gasteiger partial charge in [-0.1, -0.05) is 12.1 Å². The second kappa shape index (κ2) is 3.33. The number of hydrogen-bond acceptors (Lipinski definition) is 2. The Hall–Kier alpha value is -1.51. The fourth-order valence-corrected chi connectivity index (χ4v) is 1.57. The number of carbonyl (C=O) groups is 1. The van der Waals surface area contributed by atoms with Gasteiger partial charge in [0.15, 0.2) is 0 Å². The van der Waals surface area contributed by atoms with Crippen molar-refractivity contribution in [3.05, 3.63) is 23.8 Å². The second-order valence-corrected chi connectivity index (χ2v) is 3.68. The molecule has 1 amide bonds. The quantitative estimate of drug-likeness (QED) is 0.776. The van der Waals surface area contributed by atoms with Crippen LogP contribution in [0.3, 0.4) is 0 Å². The Kier molecular flexibility index (Phi) is 2.15. The minimum absolute atomic E-state index is 0.0415. The van der Waals surface area contributed by atoms with Gasteiger partial charge in [-0.3, -0.25) is 4.79 Å². The SMILES string of the molecule is CC(C)Oc1cccc2c1NC(=O)C2. The number of fused-ring (bicyclic) bond motifs is 1. The molecule has 0 spiro atoms. The summed E-state index contributed by atoms with van der Waals surface area (Å²) in [6, 6.07) is 5.74. The van der Waals surface area contributed by atoms with E-state index in [4.69, 9.17) is 4.74 Å². The van der Waals surface area contributed by atoms with Gasteiger partial charge in [0.25, 0.3) is 0 Å². The van der Waals surface area contributed by atoms with E-state index in [-0.39, 0.29) is 12.0 Å². The smallest absolute Gasteiger partial charge is 0.228 e. The molecule has 1 aromatic rings. The Bertz CT molecular complexity index is 372. The van der Waals surface area contributed by atoms with Crippen LogP contribution in [0, 0.1) is 0 Å². The lowest BCUT2D eigenvalue weighted by atomic mass is 10.1. The molecular weight excluding hydrogens is 178 g/mol. The fourth-order valence-electron chi connectivity index (χ4n) is 1.57. The van der Waals surface area contributed by atoms with Crippen molar-refractivity contribution in [1.82, 2.24) is 0 Å². The van der Waals surface area contributed by atoms with Gasteiger partial charge in [0.05, 0.1) is 18.2 Å². The molecule has 0 saturated heterocycles. The van der Waals surface area contributed by atoms with E-state index in [1.54, 1.807) is 0 Å². The lowest BCUT2D eigenvalue weighted by molar-refractivity contribution is -0.115. The van der Waals surface area contributed by atoms with E-state index in [1.807, 2.05) is 32.0 Å². The summed E-state index contributed by atoms with van der Waals surface area (Å²) < 4.78 is 5.59. The maximum absolute atomic E-state index is 11.2. The minimum atomic E-state index is 0.0415. The molecule has 14 heavy (non-hydrogen) atoms. The van der Waals surface area contributed by atoms with Crippen LogP contribution < -0.4 is 10.1 Å². The molecule has 74 valence electrons. The summed E-state index contributed by atoms with van der Waals surface area (Å²) >= 11 is 0. The lowest BCUT2D eigenvalue weighted by Crippen LogP contribution is -2.08. The van der Waals surface area contributed by atoms with Crippen molar-refractivity contribution in [3.63, 3.8) is 0 Å². The highest BCUT2D eigenvalue weighted by Crippen LogP contribution is 2.33. The van der Waals surface area contributed by atoms with Gasteiger partial charge >= 0.3 is 0 Å². The van der Waals surface area contributed by atoms with Crippen LogP contribution >= 0.6 is 0 Å². The number of anilines is 1. The van der Waals surface area contributed by atoms with Crippen molar-refractivity contribution in [2.24, 2.45) is 0 Å². The highest BCUT2D eigenvalue weighted by molar-refractivity contribution is 6.00. The van der Waals surface area contributed by atoms with Crippen LogP contribution in [-0.2, 0) is 11.2 Å².